The predicted octanol–water partition coefficient (Wildman–Crippen LogP) is 0.747. The lowest BCUT2D eigenvalue weighted by Gasteiger charge is -2.19. The van der Waals surface area contributed by atoms with E-state index < -0.39 is 0 Å². The molecule has 1 atom stereocenters. The van der Waals surface area contributed by atoms with E-state index in [4.69, 9.17) is 5.73 Å². The van der Waals surface area contributed by atoms with Crippen LogP contribution in [-0.2, 0) is 9.59 Å². The number of nitrogens with two attached hydrogens (primary N) is 1. The summed E-state index contributed by atoms with van der Waals surface area (Å²) in [6.45, 7) is 3.86. The van der Waals surface area contributed by atoms with Crippen LogP contribution in [0.1, 0.15) is 33.1 Å². The third-order valence-corrected chi connectivity index (χ3v) is 4.39. The van der Waals surface area contributed by atoms with Gasteiger partial charge in [0.15, 0.2) is 0 Å². The number of imide groups is 1. The van der Waals surface area contributed by atoms with E-state index >= 15 is 0 Å². The number of nitrogens with zero attached hydrogens (tertiary/aromatic N) is 1. The Morgan fingerprint density at radius 2 is 2.06 bits per heavy atom. The van der Waals surface area contributed by atoms with Crippen LogP contribution < -0.4 is 5.73 Å². The van der Waals surface area contributed by atoms with E-state index in [1.54, 1.807) is 0 Å². The van der Waals surface area contributed by atoms with Crippen LogP contribution >= 0.6 is 11.8 Å². The first-order valence-corrected chi connectivity index (χ1v) is 6.70. The molecule has 0 radical (unpaired) electrons. The molecule has 90 valence electrons. The van der Waals surface area contributed by atoms with Crippen molar-refractivity contribution in [1.29, 1.82) is 0 Å². The van der Waals surface area contributed by atoms with Crippen molar-refractivity contribution in [2.45, 2.75) is 49.9 Å². The number of hydrogen-bond donors (Lipinski definition) is 1. The van der Waals surface area contributed by atoms with E-state index in [1.165, 1.54) is 16.7 Å². The summed E-state index contributed by atoms with van der Waals surface area (Å²) in [5.74, 6) is 0.705. The van der Waals surface area contributed by atoms with Crippen LogP contribution in [0, 0.1) is 0 Å². The zero-order chi connectivity index (χ0) is 11.9. The van der Waals surface area contributed by atoms with Gasteiger partial charge in [-0.05, 0) is 26.7 Å². The summed E-state index contributed by atoms with van der Waals surface area (Å²) in [5, 5.41) is -0.198. The van der Waals surface area contributed by atoms with Gasteiger partial charge in [0.1, 0.15) is 0 Å². The average molecular weight is 242 g/mol. The molecular weight excluding hydrogens is 224 g/mol. The number of rotatable bonds is 4. The van der Waals surface area contributed by atoms with Crippen LogP contribution in [0.25, 0.3) is 0 Å². The molecule has 2 N–H and O–H groups in total. The van der Waals surface area contributed by atoms with Gasteiger partial charge in [0.05, 0.1) is 5.25 Å². The van der Waals surface area contributed by atoms with Crippen molar-refractivity contribution in [2.75, 3.05) is 5.75 Å². The van der Waals surface area contributed by atoms with Crippen molar-refractivity contribution >= 4 is 23.6 Å². The minimum atomic E-state index is -0.291. The second-order valence-corrected chi connectivity index (χ2v) is 6.52. The van der Waals surface area contributed by atoms with Gasteiger partial charge < -0.3 is 5.73 Å². The molecule has 0 aromatic rings. The maximum Gasteiger partial charge on any atom is 0.243 e. The molecule has 2 fully saturated rings. The van der Waals surface area contributed by atoms with Gasteiger partial charge in [-0.25, -0.2) is 0 Å². The number of hydrogen-bond acceptors (Lipinski definition) is 4. The number of likely N-dealkylation sites (tertiary alicyclic amines) is 1. The summed E-state index contributed by atoms with van der Waals surface area (Å²) < 4.78 is 0. The second-order valence-electron chi connectivity index (χ2n) is 5.33. The number of carbonyl (C=O) groups is 2. The molecule has 2 rings (SSSR count). The molecule has 1 saturated heterocycles. The third-order valence-electron chi connectivity index (χ3n) is 2.71. The molecule has 1 aliphatic carbocycles. The van der Waals surface area contributed by atoms with Gasteiger partial charge in [-0.2, -0.15) is 0 Å². The van der Waals surface area contributed by atoms with Crippen LogP contribution in [0.3, 0.4) is 0 Å². The van der Waals surface area contributed by atoms with Crippen molar-refractivity contribution in [3.05, 3.63) is 0 Å². The molecule has 0 aromatic heterocycles. The van der Waals surface area contributed by atoms with Crippen LogP contribution in [0.4, 0.5) is 0 Å². The maximum atomic E-state index is 12.0. The summed E-state index contributed by atoms with van der Waals surface area (Å²) in [4.78, 5) is 25.1. The fourth-order valence-corrected chi connectivity index (χ4v) is 2.93. The minimum Gasteiger partial charge on any atom is -0.325 e. The zero-order valence-electron chi connectivity index (χ0n) is 9.73. The lowest BCUT2D eigenvalue weighted by molar-refractivity contribution is -0.138. The Morgan fingerprint density at radius 1 is 1.44 bits per heavy atom. The molecule has 0 spiro atoms. The van der Waals surface area contributed by atoms with E-state index in [9.17, 15) is 9.59 Å². The SMILES string of the molecule is CC(C)(N)CSC1CC(=O)N(C2CC2)C1=O. The van der Waals surface area contributed by atoms with Gasteiger partial charge in [0.25, 0.3) is 0 Å². The summed E-state index contributed by atoms with van der Waals surface area (Å²) in [6, 6.07) is 0.205. The predicted molar refractivity (Wildman–Crippen MR) is 64.0 cm³/mol. The summed E-state index contributed by atoms with van der Waals surface area (Å²) in [5.41, 5.74) is 5.58. The van der Waals surface area contributed by atoms with E-state index in [-0.39, 0.29) is 28.6 Å². The third kappa shape index (κ3) is 2.58. The Balaban J connectivity index is 1.92. The molecule has 4 nitrogen and oxygen atoms in total. The largest absolute Gasteiger partial charge is 0.325 e. The first-order chi connectivity index (χ1) is 7.38. The van der Waals surface area contributed by atoms with Gasteiger partial charge in [0.2, 0.25) is 11.8 Å². The van der Waals surface area contributed by atoms with E-state index in [2.05, 4.69) is 0 Å². The summed E-state index contributed by atoms with van der Waals surface area (Å²) in [6.07, 6.45) is 2.32. The van der Waals surface area contributed by atoms with Crippen molar-refractivity contribution < 1.29 is 9.59 Å². The molecule has 0 aromatic carbocycles. The van der Waals surface area contributed by atoms with Gasteiger partial charge in [0, 0.05) is 23.8 Å². The quantitative estimate of drug-likeness (QED) is 0.739. The number of thioether (sulfide) groups is 1. The summed E-state index contributed by atoms with van der Waals surface area (Å²) >= 11 is 1.51. The number of carbonyl (C=O) groups excluding carboxylic acids is 2. The fourth-order valence-electron chi connectivity index (χ4n) is 1.78. The highest BCUT2D eigenvalue weighted by Gasteiger charge is 2.46. The van der Waals surface area contributed by atoms with Crippen molar-refractivity contribution in [3.63, 3.8) is 0 Å². The van der Waals surface area contributed by atoms with Crippen LogP contribution in [0.15, 0.2) is 0 Å². The lowest BCUT2D eigenvalue weighted by Crippen LogP contribution is -2.37. The molecule has 16 heavy (non-hydrogen) atoms. The molecule has 2 aliphatic rings. The first-order valence-electron chi connectivity index (χ1n) is 5.65. The zero-order valence-corrected chi connectivity index (χ0v) is 10.5. The van der Waals surface area contributed by atoms with E-state index in [0.29, 0.717) is 12.2 Å². The van der Waals surface area contributed by atoms with Crippen LogP contribution in [-0.4, -0.2) is 39.3 Å². The monoisotopic (exact) mass is 242 g/mol. The average Bonchev–Trinajstić information content (AvgIpc) is 2.91. The van der Waals surface area contributed by atoms with Crippen molar-refractivity contribution in [3.8, 4) is 0 Å². The van der Waals surface area contributed by atoms with Gasteiger partial charge in [-0.3, -0.25) is 14.5 Å². The second kappa shape index (κ2) is 4.04. The standard InChI is InChI=1S/C11H18N2O2S/c1-11(2,12)6-16-8-5-9(14)13(10(8)15)7-3-4-7/h7-8H,3-6,12H2,1-2H3. The van der Waals surface area contributed by atoms with Crippen LogP contribution in [0.5, 0.6) is 0 Å². The Bertz CT molecular complexity index is 320. The van der Waals surface area contributed by atoms with Crippen molar-refractivity contribution in [2.24, 2.45) is 5.73 Å². The minimum absolute atomic E-state index is 0.000160. The van der Waals surface area contributed by atoms with Gasteiger partial charge >= 0.3 is 0 Å². The fraction of sp³-hybridized carbons (Fsp3) is 0.818. The highest BCUT2D eigenvalue weighted by atomic mass is 32.2. The van der Waals surface area contributed by atoms with Gasteiger partial charge in [-0.15, -0.1) is 11.8 Å². The molecule has 5 heteroatoms. The Hall–Kier alpha value is -0.550. The summed E-state index contributed by atoms with van der Waals surface area (Å²) in [7, 11) is 0. The van der Waals surface area contributed by atoms with Crippen molar-refractivity contribution in [1.82, 2.24) is 4.90 Å². The topological polar surface area (TPSA) is 63.4 Å². The highest BCUT2D eigenvalue weighted by Crippen LogP contribution is 2.35. The van der Waals surface area contributed by atoms with E-state index in [0.717, 1.165) is 12.8 Å². The molecule has 1 unspecified atom stereocenters. The lowest BCUT2D eigenvalue weighted by atomic mass is 10.1. The Morgan fingerprint density at radius 3 is 2.56 bits per heavy atom. The molecule has 1 saturated carbocycles. The Labute approximate surface area is 99.9 Å². The normalized spacial score (nSPS) is 26.7. The molecule has 1 heterocycles. The van der Waals surface area contributed by atoms with Gasteiger partial charge in [-0.1, -0.05) is 0 Å². The number of amides is 2. The first kappa shape index (κ1) is 11.9. The highest BCUT2D eigenvalue weighted by molar-refractivity contribution is 8.00. The smallest absolute Gasteiger partial charge is 0.243 e. The molecular formula is C11H18N2O2S. The molecule has 1 aliphatic heterocycles. The van der Waals surface area contributed by atoms with E-state index in [1.807, 2.05) is 13.8 Å². The molecule has 0 bridgehead atoms. The maximum absolute atomic E-state index is 12.0. The van der Waals surface area contributed by atoms with Crippen LogP contribution in [0.2, 0.25) is 0 Å². The molecule has 2 amide bonds. The Kier molecular flexibility index (Phi) is 3.01.